The fourth-order valence-electron chi connectivity index (χ4n) is 2.06. The van der Waals surface area contributed by atoms with E-state index in [1.807, 2.05) is 43.3 Å². The third-order valence-electron chi connectivity index (χ3n) is 3.16. The Bertz CT molecular complexity index is 570. The molecule has 0 unspecified atom stereocenters. The van der Waals surface area contributed by atoms with Crippen LogP contribution in [0, 0.1) is 0 Å². The van der Waals surface area contributed by atoms with Crippen molar-refractivity contribution in [2.24, 2.45) is 0 Å². The third kappa shape index (κ3) is 4.96. The summed E-state index contributed by atoms with van der Waals surface area (Å²) in [5.41, 5.74) is 2.35. The molecule has 0 saturated heterocycles. The van der Waals surface area contributed by atoms with E-state index in [0.29, 0.717) is 12.4 Å². The number of nitrogens with one attached hydrogen (secondary N) is 1. The molecule has 0 amide bonds. The Kier molecular flexibility index (Phi) is 5.90. The molecule has 21 heavy (non-hydrogen) atoms. The number of phenolic OH excluding ortho intramolecular Hbond substituents is 1. The van der Waals surface area contributed by atoms with Crippen LogP contribution in [0.1, 0.15) is 18.1 Å². The molecule has 4 heteroatoms. The van der Waals surface area contributed by atoms with Gasteiger partial charge < -0.3 is 15.2 Å². The van der Waals surface area contributed by atoms with Crippen LogP contribution in [-0.2, 0) is 13.0 Å². The van der Waals surface area contributed by atoms with Crippen molar-refractivity contribution < 1.29 is 9.84 Å². The first-order valence-corrected chi connectivity index (χ1v) is 7.46. The van der Waals surface area contributed by atoms with E-state index in [4.69, 9.17) is 16.3 Å². The van der Waals surface area contributed by atoms with E-state index >= 15 is 0 Å². The van der Waals surface area contributed by atoms with E-state index in [1.54, 1.807) is 6.07 Å². The Hall–Kier alpha value is -1.71. The summed E-state index contributed by atoms with van der Waals surface area (Å²) in [5, 5.41) is 13.8. The summed E-state index contributed by atoms with van der Waals surface area (Å²) < 4.78 is 5.37. The topological polar surface area (TPSA) is 41.5 Å². The lowest BCUT2D eigenvalue weighted by atomic mass is 10.1. The first kappa shape index (κ1) is 15.7. The molecule has 0 aliphatic heterocycles. The number of hydrogen-bond acceptors (Lipinski definition) is 3. The van der Waals surface area contributed by atoms with Gasteiger partial charge >= 0.3 is 0 Å². The fourth-order valence-corrected chi connectivity index (χ4v) is 2.18. The van der Waals surface area contributed by atoms with Gasteiger partial charge in [-0.15, -0.1) is 0 Å². The van der Waals surface area contributed by atoms with Crippen LogP contribution in [-0.4, -0.2) is 18.3 Å². The van der Waals surface area contributed by atoms with Gasteiger partial charge in [0.2, 0.25) is 0 Å². The molecule has 0 bridgehead atoms. The molecule has 2 aromatic rings. The number of aromatic hydroxyl groups is 1. The maximum atomic E-state index is 9.65. The second-order valence-corrected chi connectivity index (χ2v) is 5.22. The summed E-state index contributed by atoms with van der Waals surface area (Å²) >= 11 is 5.86. The summed E-state index contributed by atoms with van der Waals surface area (Å²) in [6.45, 7) is 4.07. The van der Waals surface area contributed by atoms with Gasteiger partial charge in [-0.3, -0.25) is 0 Å². The number of halogens is 1. The van der Waals surface area contributed by atoms with Crippen molar-refractivity contribution in [2.45, 2.75) is 19.9 Å². The lowest BCUT2D eigenvalue weighted by molar-refractivity contribution is 0.317. The molecule has 0 fully saturated rings. The average molecular weight is 306 g/mol. The summed E-state index contributed by atoms with van der Waals surface area (Å²) in [5.74, 6) is 0.719. The summed E-state index contributed by atoms with van der Waals surface area (Å²) in [7, 11) is 0. The van der Waals surface area contributed by atoms with Gasteiger partial charge in [-0.1, -0.05) is 29.8 Å². The van der Waals surface area contributed by atoms with Crippen molar-refractivity contribution in [1.82, 2.24) is 5.32 Å². The fraction of sp³-hybridized carbons (Fsp3) is 0.294. The quantitative estimate of drug-likeness (QED) is 0.765. The van der Waals surface area contributed by atoms with Gasteiger partial charge in [0.1, 0.15) is 0 Å². The van der Waals surface area contributed by atoms with Gasteiger partial charge in [0.15, 0.2) is 11.5 Å². The second-order valence-electron chi connectivity index (χ2n) is 4.79. The Balaban J connectivity index is 1.80. The van der Waals surface area contributed by atoms with E-state index in [9.17, 15) is 5.11 Å². The van der Waals surface area contributed by atoms with Gasteiger partial charge in [0.05, 0.1) is 6.61 Å². The van der Waals surface area contributed by atoms with Crippen LogP contribution in [0.2, 0.25) is 5.02 Å². The number of phenols is 1. The van der Waals surface area contributed by atoms with Crippen LogP contribution >= 0.6 is 11.6 Å². The van der Waals surface area contributed by atoms with Gasteiger partial charge in [-0.05, 0) is 55.3 Å². The Morgan fingerprint density at radius 3 is 2.52 bits per heavy atom. The van der Waals surface area contributed by atoms with Gasteiger partial charge in [-0.2, -0.15) is 0 Å². The molecule has 0 saturated carbocycles. The first-order chi connectivity index (χ1) is 10.2. The van der Waals surface area contributed by atoms with E-state index in [0.717, 1.165) is 30.1 Å². The summed E-state index contributed by atoms with van der Waals surface area (Å²) in [6.07, 6.45) is 0.952. The van der Waals surface area contributed by atoms with Crippen LogP contribution in [0.3, 0.4) is 0 Å². The lowest BCUT2D eigenvalue weighted by Crippen LogP contribution is -2.16. The van der Waals surface area contributed by atoms with Crippen molar-refractivity contribution in [3.63, 3.8) is 0 Å². The molecule has 2 N–H and O–H groups in total. The highest BCUT2D eigenvalue weighted by molar-refractivity contribution is 6.30. The van der Waals surface area contributed by atoms with Gasteiger partial charge in [-0.25, -0.2) is 0 Å². The van der Waals surface area contributed by atoms with Crippen molar-refractivity contribution in [3.05, 3.63) is 58.6 Å². The molecule has 0 heterocycles. The van der Waals surface area contributed by atoms with E-state index in [1.165, 1.54) is 5.56 Å². The molecule has 0 radical (unpaired) electrons. The molecule has 0 spiro atoms. The van der Waals surface area contributed by atoms with Crippen LogP contribution in [0.5, 0.6) is 11.5 Å². The normalized spacial score (nSPS) is 10.6. The van der Waals surface area contributed by atoms with Crippen LogP contribution in [0.25, 0.3) is 0 Å². The predicted molar refractivity (Wildman–Crippen MR) is 86.1 cm³/mol. The standard InChI is InChI=1S/C17H20ClNO2/c1-2-21-17-11-14(5-8-16(17)20)12-19-10-9-13-3-6-15(18)7-4-13/h3-8,11,19-20H,2,9-10,12H2,1H3. The highest BCUT2D eigenvalue weighted by Crippen LogP contribution is 2.26. The molecule has 0 aliphatic carbocycles. The maximum absolute atomic E-state index is 9.65. The average Bonchev–Trinajstić information content (AvgIpc) is 2.49. The molecule has 2 rings (SSSR count). The predicted octanol–water partition coefficient (Wildman–Crippen LogP) is 3.78. The number of benzene rings is 2. The molecule has 2 aromatic carbocycles. The zero-order valence-electron chi connectivity index (χ0n) is 12.1. The highest BCUT2D eigenvalue weighted by atomic mass is 35.5. The summed E-state index contributed by atoms with van der Waals surface area (Å²) in [6, 6.07) is 13.3. The van der Waals surface area contributed by atoms with Crippen LogP contribution < -0.4 is 10.1 Å². The van der Waals surface area contributed by atoms with Crippen molar-refractivity contribution in [3.8, 4) is 11.5 Å². The maximum Gasteiger partial charge on any atom is 0.161 e. The minimum atomic E-state index is 0.182. The zero-order valence-corrected chi connectivity index (χ0v) is 12.9. The molecule has 0 aliphatic rings. The third-order valence-corrected chi connectivity index (χ3v) is 3.41. The summed E-state index contributed by atoms with van der Waals surface area (Å²) in [4.78, 5) is 0. The SMILES string of the molecule is CCOc1cc(CNCCc2ccc(Cl)cc2)ccc1O. The number of rotatable bonds is 7. The molecular weight excluding hydrogens is 286 g/mol. The van der Waals surface area contributed by atoms with E-state index in [-0.39, 0.29) is 5.75 Å². The number of hydrogen-bond donors (Lipinski definition) is 2. The Morgan fingerprint density at radius 2 is 1.81 bits per heavy atom. The first-order valence-electron chi connectivity index (χ1n) is 7.09. The van der Waals surface area contributed by atoms with Gasteiger partial charge in [0.25, 0.3) is 0 Å². The smallest absolute Gasteiger partial charge is 0.161 e. The highest BCUT2D eigenvalue weighted by Gasteiger charge is 2.03. The van der Waals surface area contributed by atoms with Crippen molar-refractivity contribution in [1.29, 1.82) is 0 Å². The monoisotopic (exact) mass is 305 g/mol. The van der Waals surface area contributed by atoms with Gasteiger partial charge in [0, 0.05) is 11.6 Å². The molecular formula is C17H20ClNO2. The molecule has 0 aromatic heterocycles. The molecule has 112 valence electrons. The second kappa shape index (κ2) is 7.91. The minimum absolute atomic E-state index is 0.182. The lowest BCUT2D eigenvalue weighted by Gasteiger charge is -2.09. The number of ether oxygens (including phenoxy) is 1. The minimum Gasteiger partial charge on any atom is -0.504 e. The Morgan fingerprint density at radius 1 is 1.10 bits per heavy atom. The zero-order chi connectivity index (χ0) is 15.1. The van der Waals surface area contributed by atoms with Crippen molar-refractivity contribution in [2.75, 3.05) is 13.2 Å². The largest absolute Gasteiger partial charge is 0.504 e. The molecule has 3 nitrogen and oxygen atoms in total. The van der Waals surface area contributed by atoms with Crippen LogP contribution in [0.15, 0.2) is 42.5 Å². The molecule has 0 atom stereocenters. The van der Waals surface area contributed by atoms with Crippen LogP contribution in [0.4, 0.5) is 0 Å². The van der Waals surface area contributed by atoms with Crippen molar-refractivity contribution >= 4 is 11.6 Å². The van der Waals surface area contributed by atoms with E-state index < -0.39 is 0 Å². The van der Waals surface area contributed by atoms with E-state index in [2.05, 4.69) is 5.32 Å². The Labute approximate surface area is 130 Å².